The van der Waals surface area contributed by atoms with Crippen LogP contribution in [0.1, 0.15) is 51.3 Å². The summed E-state index contributed by atoms with van der Waals surface area (Å²) < 4.78 is 6.99. The highest BCUT2D eigenvalue weighted by Crippen LogP contribution is 2.11. The van der Waals surface area contributed by atoms with Gasteiger partial charge in [0.1, 0.15) is 0 Å². The first-order valence-electron chi connectivity index (χ1n) is 7.08. The summed E-state index contributed by atoms with van der Waals surface area (Å²) in [6.45, 7) is 5.60. The lowest BCUT2D eigenvalue weighted by Crippen LogP contribution is -2.22. The largest absolute Gasteiger partial charge is 0.389 e. The van der Waals surface area contributed by atoms with Crippen molar-refractivity contribution in [3.05, 3.63) is 11.9 Å². The maximum atomic E-state index is 9.81. The Morgan fingerprint density at radius 3 is 2.89 bits per heavy atom. The Bertz CT molecular complexity index is 343. The summed E-state index contributed by atoms with van der Waals surface area (Å²) in [6.07, 6.45) is 5.26. The molecule has 0 aliphatic rings. The van der Waals surface area contributed by atoms with Crippen LogP contribution in [0, 0.1) is 0 Å². The van der Waals surface area contributed by atoms with Crippen LogP contribution in [0.25, 0.3) is 0 Å². The van der Waals surface area contributed by atoms with Crippen LogP contribution in [0.4, 0.5) is 0 Å². The molecule has 0 amide bonds. The molecule has 0 spiro atoms. The van der Waals surface area contributed by atoms with E-state index in [1.807, 2.05) is 0 Å². The van der Waals surface area contributed by atoms with Crippen molar-refractivity contribution in [3.8, 4) is 0 Å². The number of ether oxygens (including phenoxy) is 1. The first-order chi connectivity index (χ1) is 9.17. The third-order valence-electron chi connectivity index (χ3n) is 2.89. The Hall–Kier alpha value is -0.980. The fourth-order valence-corrected chi connectivity index (χ4v) is 1.77. The van der Waals surface area contributed by atoms with Crippen molar-refractivity contribution in [3.63, 3.8) is 0 Å². The molecular formula is C13H26N4O2. The number of rotatable bonds is 10. The molecule has 1 aromatic heterocycles. The first kappa shape index (κ1) is 16.1. The average molecular weight is 270 g/mol. The number of nitrogens with two attached hydrogens (primary N) is 1. The topological polar surface area (TPSA) is 86.2 Å². The molecule has 1 heterocycles. The second kappa shape index (κ2) is 9.01. The van der Waals surface area contributed by atoms with Gasteiger partial charge in [-0.05, 0) is 12.8 Å². The third kappa shape index (κ3) is 6.13. The molecule has 6 nitrogen and oxygen atoms in total. The summed E-state index contributed by atoms with van der Waals surface area (Å²) in [5, 5.41) is 17.8. The van der Waals surface area contributed by atoms with Crippen molar-refractivity contribution in [2.45, 2.75) is 58.2 Å². The van der Waals surface area contributed by atoms with Crippen molar-refractivity contribution >= 4 is 0 Å². The number of nitrogens with zero attached hydrogens (tertiary/aromatic N) is 3. The lowest BCUT2D eigenvalue weighted by atomic mass is 10.1. The van der Waals surface area contributed by atoms with Crippen LogP contribution < -0.4 is 5.73 Å². The number of unbranched alkanes of at least 4 members (excludes halogenated alkanes) is 1. The van der Waals surface area contributed by atoms with Crippen LogP contribution in [-0.2, 0) is 11.3 Å². The van der Waals surface area contributed by atoms with Gasteiger partial charge in [0.2, 0.25) is 0 Å². The third-order valence-corrected chi connectivity index (χ3v) is 2.89. The second-order valence-corrected chi connectivity index (χ2v) is 4.84. The average Bonchev–Trinajstić information content (AvgIpc) is 2.83. The Balaban J connectivity index is 2.32. The number of aliphatic hydroxyl groups excluding tert-OH is 1. The SMILES string of the molecule is CCCCOCC(O)Cn1cc(C(N)CCC)nn1. The minimum absolute atomic E-state index is 0.0725. The molecule has 2 atom stereocenters. The zero-order valence-corrected chi connectivity index (χ0v) is 12.0. The smallest absolute Gasteiger partial charge is 0.0994 e. The maximum Gasteiger partial charge on any atom is 0.0994 e. The Morgan fingerprint density at radius 1 is 1.42 bits per heavy atom. The van der Waals surface area contributed by atoms with Crippen molar-refractivity contribution in [2.24, 2.45) is 5.73 Å². The zero-order valence-electron chi connectivity index (χ0n) is 12.0. The van der Waals surface area contributed by atoms with Gasteiger partial charge in [-0.2, -0.15) is 0 Å². The number of aromatic nitrogens is 3. The van der Waals surface area contributed by atoms with E-state index in [0.29, 0.717) is 19.8 Å². The molecule has 110 valence electrons. The maximum absolute atomic E-state index is 9.81. The molecule has 19 heavy (non-hydrogen) atoms. The molecule has 0 fully saturated rings. The molecule has 3 N–H and O–H groups in total. The first-order valence-corrected chi connectivity index (χ1v) is 7.08. The van der Waals surface area contributed by atoms with Crippen LogP contribution in [0.15, 0.2) is 6.20 Å². The molecule has 0 radical (unpaired) electrons. The van der Waals surface area contributed by atoms with Gasteiger partial charge in [0.25, 0.3) is 0 Å². The monoisotopic (exact) mass is 270 g/mol. The summed E-state index contributed by atoms with van der Waals surface area (Å²) in [4.78, 5) is 0. The normalized spacial score (nSPS) is 14.5. The van der Waals surface area contributed by atoms with Gasteiger partial charge in [0.05, 0.1) is 37.2 Å². The van der Waals surface area contributed by atoms with Gasteiger partial charge >= 0.3 is 0 Å². The van der Waals surface area contributed by atoms with Crippen molar-refractivity contribution in [1.82, 2.24) is 15.0 Å². The molecule has 0 saturated heterocycles. The Labute approximate surface area is 114 Å². The van der Waals surface area contributed by atoms with Gasteiger partial charge in [-0.15, -0.1) is 5.10 Å². The van der Waals surface area contributed by atoms with E-state index in [0.717, 1.165) is 31.4 Å². The Morgan fingerprint density at radius 2 is 2.21 bits per heavy atom. The summed E-state index contributed by atoms with van der Waals surface area (Å²) in [7, 11) is 0. The van der Waals surface area contributed by atoms with E-state index < -0.39 is 6.10 Å². The van der Waals surface area contributed by atoms with Gasteiger partial charge in [0.15, 0.2) is 0 Å². The van der Waals surface area contributed by atoms with E-state index in [2.05, 4.69) is 24.2 Å². The fraction of sp³-hybridized carbons (Fsp3) is 0.846. The van der Waals surface area contributed by atoms with Crippen molar-refractivity contribution in [2.75, 3.05) is 13.2 Å². The standard InChI is InChI=1S/C13H26N4O2/c1-3-5-7-19-10-11(18)8-17-9-13(15-16-17)12(14)6-4-2/h9,11-12,18H,3-8,10,14H2,1-2H3. The molecule has 0 bridgehead atoms. The van der Waals surface area contributed by atoms with Gasteiger partial charge in [-0.25, -0.2) is 4.68 Å². The van der Waals surface area contributed by atoms with Gasteiger partial charge in [-0.3, -0.25) is 0 Å². The molecule has 1 rings (SSSR count). The molecule has 2 unspecified atom stereocenters. The highest BCUT2D eigenvalue weighted by Gasteiger charge is 2.12. The quantitative estimate of drug-likeness (QED) is 0.625. The molecular weight excluding hydrogens is 244 g/mol. The van der Waals surface area contributed by atoms with E-state index >= 15 is 0 Å². The number of hydrogen-bond donors (Lipinski definition) is 2. The minimum Gasteiger partial charge on any atom is -0.389 e. The molecule has 6 heteroatoms. The van der Waals surface area contributed by atoms with E-state index in [1.54, 1.807) is 10.9 Å². The highest BCUT2D eigenvalue weighted by molar-refractivity contribution is 4.99. The number of aliphatic hydroxyl groups is 1. The zero-order chi connectivity index (χ0) is 14.1. The minimum atomic E-state index is -0.561. The summed E-state index contributed by atoms with van der Waals surface area (Å²) in [5.41, 5.74) is 6.74. The Kier molecular flexibility index (Phi) is 7.62. The summed E-state index contributed by atoms with van der Waals surface area (Å²) in [5.74, 6) is 0. The van der Waals surface area contributed by atoms with E-state index in [1.165, 1.54) is 0 Å². The van der Waals surface area contributed by atoms with Crippen LogP contribution >= 0.6 is 0 Å². The molecule has 0 aliphatic carbocycles. The van der Waals surface area contributed by atoms with Crippen molar-refractivity contribution in [1.29, 1.82) is 0 Å². The summed E-state index contributed by atoms with van der Waals surface area (Å²) in [6, 6.07) is -0.0725. The van der Waals surface area contributed by atoms with E-state index in [-0.39, 0.29) is 6.04 Å². The lowest BCUT2D eigenvalue weighted by Gasteiger charge is -2.10. The molecule has 0 aliphatic heterocycles. The van der Waals surface area contributed by atoms with Gasteiger partial charge < -0.3 is 15.6 Å². The molecule has 1 aromatic rings. The fourth-order valence-electron chi connectivity index (χ4n) is 1.77. The molecule has 0 saturated carbocycles. The predicted molar refractivity (Wildman–Crippen MR) is 73.6 cm³/mol. The van der Waals surface area contributed by atoms with Crippen LogP contribution in [0.3, 0.4) is 0 Å². The summed E-state index contributed by atoms with van der Waals surface area (Å²) >= 11 is 0. The van der Waals surface area contributed by atoms with Crippen LogP contribution in [0.5, 0.6) is 0 Å². The number of hydrogen-bond acceptors (Lipinski definition) is 5. The van der Waals surface area contributed by atoms with Gasteiger partial charge in [0, 0.05) is 6.61 Å². The molecule has 0 aromatic carbocycles. The lowest BCUT2D eigenvalue weighted by molar-refractivity contribution is 0.0251. The predicted octanol–water partition coefficient (Wildman–Crippen LogP) is 1.26. The van der Waals surface area contributed by atoms with Crippen molar-refractivity contribution < 1.29 is 9.84 Å². The highest BCUT2D eigenvalue weighted by atomic mass is 16.5. The van der Waals surface area contributed by atoms with Crippen LogP contribution in [0.2, 0.25) is 0 Å². The van der Waals surface area contributed by atoms with E-state index in [4.69, 9.17) is 10.5 Å². The van der Waals surface area contributed by atoms with Crippen LogP contribution in [-0.4, -0.2) is 39.4 Å². The second-order valence-electron chi connectivity index (χ2n) is 4.84. The van der Waals surface area contributed by atoms with E-state index in [9.17, 15) is 5.11 Å². The van der Waals surface area contributed by atoms with Gasteiger partial charge in [-0.1, -0.05) is 31.9 Å².